The molecule has 3 heterocycles. The summed E-state index contributed by atoms with van der Waals surface area (Å²) in [5, 5.41) is 4.88. The lowest BCUT2D eigenvalue weighted by molar-refractivity contribution is 0.0627. The van der Waals surface area contributed by atoms with Gasteiger partial charge >= 0.3 is 0 Å². The summed E-state index contributed by atoms with van der Waals surface area (Å²) in [6.07, 6.45) is 4.58. The van der Waals surface area contributed by atoms with Gasteiger partial charge in [0, 0.05) is 51.0 Å². The minimum atomic E-state index is 0.0781. The van der Waals surface area contributed by atoms with E-state index in [1.54, 1.807) is 0 Å². The first kappa shape index (κ1) is 23.8. The minimum absolute atomic E-state index is 0.0781. The zero-order valence-corrected chi connectivity index (χ0v) is 21.1. The monoisotopic (exact) mass is 471 g/mol. The lowest BCUT2D eigenvalue weighted by atomic mass is 9.99. The average molecular weight is 472 g/mol. The Morgan fingerprint density at radius 2 is 1.46 bits per heavy atom. The van der Waals surface area contributed by atoms with E-state index >= 15 is 0 Å². The zero-order valence-electron chi connectivity index (χ0n) is 21.1. The van der Waals surface area contributed by atoms with Crippen LogP contribution >= 0.6 is 0 Å². The van der Waals surface area contributed by atoms with Gasteiger partial charge in [-0.2, -0.15) is 5.10 Å². The van der Waals surface area contributed by atoms with Crippen molar-refractivity contribution in [2.24, 2.45) is 0 Å². The zero-order chi connectivity index (χ0) is 24.2. The van der Waals surface area contributed by atoms with Crippen LogP contribution in [0.2, 0.25) is 0 Å². The molecule has 3 aromatic rings. The molecule has 0 unspecified atom stereocenters. The number of para-hydroxylation sites is 1. The first-order valence-electron chi connectivity index (χ1n) is 13.1. The van der Waals surface area contributed by atoms with Crippen molar-refractivity contribution >= 4 is 5.91 Å². The maximum Gasteiger partial charge on any atom is 0.257 e. The van der Waals surface area contributed by atoms with E-state index in [1.165, 1.54) is 31.5 Å². The highest BCUT2D eigenvalue weighted by Crippen LogP contribution is 2.27. The van der Waals surface area contributed by atoms with Crippen LogP contribution < -0.4 is 0 Å². The van der Waals surface area contributed by atoms with Gasteiger partial charge in [0.1, 0.15) is 5.69 Å². The van der Waals surface area contributed by atoms with Crippen molar-refractivity contribution in [2.75, 3.05) is 52.4 Å². The molecule has 6 nitrogen and oxygen atoms in total. The number of carbonyl (C=O) groups is 1. The number of amides is 1. The molecule has 1 aromatic heterocycles. The van der Waals surface area contributed by atoms with Crippen LogP contribution in [0.15, 0.2) is 60.8 Å². The maximum absolute atomic E-state index is 13.7. The molecule has 6 heteroatoms. The van der Waals surface area contributed by atoms with E-state index < -0.39 is 0 Å². The van der Waals surface area contributed by atoms with Crippen LogP contribution in [0.5, 0.6) is 0 Å². The Bertz CT molecular complexity index is 1110. The van der Waals surface area contributed by atoms with Crippen LogP contribution in [0.3, 0.4) is 0 Å². The smallest absolute Gasteiger partial charge is 0.257 e. The number of likely N-dealkylation sites (tertiary alicyclic amines) is 1. The number of piperazine rings is 1. The minimum Gasteiger partial charge on any atom is -0.336 e. The molecule has 2 aliphatic heterocycles. The van der Waals surface area contributed by atoms with Gasteiger partial charge in [-0.25, -0.2) is 4.68 Å². The fourth-order valence-corrected chi connectivity index (χ4v) is 5.12. The lowest BCUT2D eigenvalue weighted by Gasteiger charge is -2.35. The van der Waals surface area contributed by atoms with Crippen molar-refractivity contribution in [3.05, 3.63) is 71.9 Å². The van der Waals surface area contributed by atoms with Gasteiger partial charge in [0.15, 0.2) is 0 Å². The Morgan fingerprint density at radius 1 is 0.829 bits per heavy atom. The maximum atomic E-state index is 13.7. The molecule has 2 aromatic carbocycles. The van der Waals surface area contributed by atoms with E-state index in [1.807, 2.05) is 46.1 Å². The van der Waals surface area contributed by atoms with E-state index in [9.17, 15) is 4.79 Å². The van der Waals surface area contributed by atoms with Crippen LogP contribution in [0.25, 0.3) is 16.9 Å². The molecule has 2 aliphatic rings. The molecule has 0 bridgehead atoms. The molecule has 0 spiro atoms. The highest BCUT2D eigenvalue weighted by molar-refractivity contribution is 6.00. The Kier molecular flexibility index (Phi) is 7.30. The summed E-state index contributed by atoms with van der Waals surface area (Å²) >= 11 is 0. The van der Waals surface area contributed by atoms with Crippen molar-refractivity contribution in [3.63, 3.8) is 0 Å². The summed E-state index contributed by atoms with van der Waals surface area (Å²) < 4.78 is 1.84. The summed E-state index contributed by atoms with van der Waals surface area (Å²) in [5.41, 5.74) is 4.66. The molecular formula is C29H37N5O. The third-order valence-corrected chi connectivity index (χ3v) is 7.41. The van der Waals surface area contributed by atoms with Crippen molar-refractivity contribution in [2.45, 2.75) is 32.6 Å². The largest absolute Gasteiger partial charge is 0.336 e. The highest BCUT2D eigenvalue weighted by Gasteiger charge is 2.27. The number of nitrogens with zero attached hydrogens (tertiary/aromatic N) is 5. The Hall–Kier alpha value is -2.96. The van der Waals surface area contributed by atoms with Crippen molar-refractivity contribution < 1.29 is 4.79 Å². The average Bonchev–Trinajstić information content (AvgIpc) is 3.58. The van der Waals surface area contributed by atoms with Crippen LogP contribution in [-0.4, -0.2) is 82.7 Å². The van der Waals surface area contributed by atoms with Gasteiger partial charge in [-0.05, 0) is 49.5 Å². The van der Waals surface area contributed by atoms with Gasteiger partial charge < -0.3 is 9.80 Å². The van der Waals surface area contributed by atoms with Crippen molar-refractivity contribution in [1.29, 1.82) is 0 Å². The number of hydrogen-bond acceptors (Lipinski definition) is 4. The molecule has 0 radical (unpaired) electrons. The molecule has 0 aliphatic carbocycles. The summed E-state index contributed by atoms with van der Waals surface area (Å²) in [6.45, 7) is 12.5. The van der Waals surface area contributed by atoms with Gasteiger partial charge in [0.05, 0.1) is 11.3 Å². The van der Waals surface area contributed by atoms with E-state index in [2.05, 4.69) is 47.9 Å². The Morgan fingerprint density at radius 3 is 2.09 bits per heavy atom. The highest BCUT2D eigenvalue weighted by atomic mass is 16.2. The Labute approximate surface area is 209 Å². The first-order valence-corrected chi connectivity index (χ1v) is 13.1. The fourth-order valence-electron chi connectivity index (χ4n) is 5.12. The molecule has 184 valence electrons. The quantitative estimate of drug-likeness (QED) is 0.508. The number of rotatable bonds is 7. The van der Waals surface area contributed by atoms with Gasteiger partial charge in [-0.3, -0.25) is 9.69 Å². The molecule has 0 N–H and O–H groups in total. The topological polar surface area (TPSA) is 44.6 Å². The Balaban J connectivity index is 1.34. The van der Waals surface area contributed by atoms with Gasteiger partial charge in [0.2, 0.25) is 0 Å². The second-order valence-corrected chi connectivity index (χ2v) is 10.1. The third-order valence-electron chi connectivity index (χ3n) is 7.41. The van der Waals surface area contributed by atoms with Gasteiger partial charge in [-0.1, -0.05) is 56.3 Å². The van der Waals surface area contributed by atoms with Crippen molar-refractivity contribution in [1.82, 2.24) is 24.5 Å². The number of hydrogen-bond donors (Lipinski definition) is 0. The number of carbonyl (C=O) groups excluding carboxylic acids is 1. The van der Waals surface area contributed by atoms with Gasteiger partial charge in [0.25, 0.3) is 5.91 Å². The molecule has 2 saturated heterocycles. The number of benzene rings is 2. The third kappa shape index (κ3) is 5.49. The molecule has 1 amide bonds. The van der Waals surface area contributed by atoms with E-state index in [-0.39, 0.29) is 5.91 Å². The van der Waals surface area contributed by atoms with E-state index in [0.29, 0.717) is 11.5 Å². The van der Waals surface area contributed by atoms with Crippen LogP contribution in [0.1, 0.15) is 48.5 Å². The van der Waals surface area contributed by atoms with Crippen molar-refractivity contribution in [3.8, 4) is 16.9 Å². The number of aromatic nitrogens is 2. The lowest BCUT2D eigenvalue weighted by Crippen LogP contribution is -2.50. The van der Waals surface area contributed by atoms with E-state index in [4.69, 9.17) is 5.10 Å². The predicted molar refractivity (Wildman–Crippen MR) is 141 cm³/mol. The summed E-state index contributed by atoms with van der Waals surface area (Å²) in [7, 11) is 0. The summed E-state index contributed by atoms with van der Waals surface area (Å²) in [6, 6.07) is 18.5. The molecule has 0 saturated carbocycles. The van der Waals surface area contributed by atoms with Crippen LogP contribution in [0.4, 0.5) is 0 Å². The second-order valence-electron chi connectivity index (χ2n) is 10.1. The predicted octanol–water partition coefficient (Wildman–Crippen LogP) is 4.52. The molecular weight excluding hydrogens is 434 g/mol. The molecule has 5 rings (SSSR count). The van der Waals surface area contributed by atoms with Crippen LogP contribution in [-0.2, 0) is 0 Å². The summed E-state index contributed by atoms with van der Waals surface area (Å²) in [5.74, 6) is 0.545. The van der Waals surface area contributed by atoms with E-state index in [0.717, 1.165) is 56.2 Å². The SMILES string of the molecule is CC(C)c1ccc(-c2nn(-c3ccccc3)cc2C(=O)N2CCN(CCN3CCCC3)CC2)cc1. The fraction of sp³-hybridized carbons (Fsp3) is 0.448. The molecule has 0 atom stereocenters. The summed E-state index contributed by atoms with van der Waals surface area (Å²) in [4.78, 5) is 20.8. The second kappa shape index (κ2) is 10.8. The van der Waals surface area contributed by atoms with Gasteiger partial charge in [-0.15, -0.1) is 0 Å². The van der Waals surface area contributed by atoms with Crippen LogP contribution in [0, 0.1) is 0 Å². The normalized spacial score (nSPS) is 17.4. The first-order chi connectivity index (χ1) is 17.1. The standard InChI is InChI=1S/C29H37N5O/c1-23(2)24-10-12-25(13-11-24)28-27(22-34(30-28)26-8-4-3-5-9-26)29(35)33-20-18-32(19-21-33)17-16-31-14-6-7-15-31/h3-5,8-13,22-23H,6-7,14-21H2,1-2H3. The molecule has 2 fully saturated rings. The molecule has 35 heavy (non-hydrogen) atoms.